The third-order valence-corrected chi connectivity index (χ3v) is 1.82. The molecule has 1 rings (SSSR count). The first-order valence-corrected chi connectivity index (χ1v) is 4.24. The number of methoxy groups -OCH3 is 1. The molecule has 0 aromatic carbocycles. The monoisotopic (exact) mass is 199 g/mol. The van der Waals surface area contributed by atoms with Gasteiger partial charge in [-0.3, -0.25) is 4.79 Å². The standard InChI is InChI=1S/C8H13N3O3/c1-6(4-12)11-7(3-9-10-11)8(13)5-14-2/h3,6,12H,4-5H2,1-2H3. The average molecular weight is 199 g/mol. The second kappa shape index (κ2) is 4.83. The van der Waals surface area contributed by atoms with E-state index in [4.69, 9.17) is 9.84 Å². The summed E-state index contributed by atoms with van der Waals surface area (Å²) in [6, 6.07) is -0.256. The highest BCUT2D eigenvalue weighted by Crippen LogP contribution is 2.07. The number of rotatable bonds is 5. The molecular formula is C8H13N3O3. The lowest BCUT2D eigenvalue weighted by atomic mass is 10.3. The molecule has 0 fully saturated rings. The molecule has 6 nitrogen and oxygen atoms in total. The largest absolute Gasteiger partial charge is 0.394 e. The van der Waals surface area contributed by atoms with Crippen LogP contribution in [0.5, 0.6) is 0 Å². The van der Waals surface area contributed by atoms with Crippen molar-refractivity contribution in [2.24, 2.45) is 0 Å². The maximum Gasteiger partial charge on any atom is 0.208 e. The Bertz CT molecular complexity index is 311. The number of hydrogen-bond acceptors (Lipinski definition) is 5. The number of aliphatic hydroxyl groups is 1. The van der Waals surface area contributed by atoms with Crippen molar-refractivity contribution in [3.05, 3.63) is 11.9 Å². The fraction of sp³-hybridized carbons (Fsp3) is 0.625. The number of ether oxygens (including phenoxy) is 1. The van der Waals surface area contributed by atoms with Crippen LogP contribution < -0.4 is 0 Å². The molecule has 0 radical (unpaired) electrons. The van der Waals surface area contributed by atoms with Gasteiger partial charge < -0.3 is 9.84 Å². The number of ketones is 1. The Morgan fingerprint density at radius 1 is 1.79 bits per heavy atom. The minimum absolute atomic E-state index is 0.00841. The Morgan fingerprint density at radius 3 is 3.07 bits per heavy atom. The van der Waals surface area contributed by atoms with E-state index in [0.717, 1.165) is 0 Å². The van der Waals surface area contributed by atoms with Gasteiger partial charge >= 0.3 is 0 Å². The second-order valence-electron chi connectivity index (χ2n) is 2.95. The molecule has 1 aromatic rings. The average Bonchev–Trinajstić information content (AvgIpc) is 2.65. The first-order valence-electron chi connectivity index (χ1n) is 4.24. The van der Waals surface area contributed by atoms with E-state index >= 15 is 0 Å². The summed E-state index contributed by atoms with van der Waals surface area (Å²) in [6.45, 7) is 1.65. The van der Waals surface area contributed by atoms with Gasteiger partial charge in [-0.2, -0.15) is 0 Å². The molecule has 14 heavy (non-hydrogen) atoms. The molecule has 1 atom stereocenters. The van der Waals surface area contributed by atoms with Crippen molar-refractivity contribution in [1.82, 2.24) is 15.0 Å². The van der Waals surface area contributed by atoms with Crippen LogP contribution in [0.15, 0.2) is 6.20 Å². The Kier molecular flexibility index (Phi) is 3.73. The summed E-state index contributed by atoms with van der Waals surface area (Å²) in [5.41, 5.74) is 0.355. The first-order chi connectivity index (χ1) is 6.70. The van der Waals surface area contributed by atoms with Crippen LogP contribution in [0.1, 0.15) is 23.5 Å². The zero-order valence-corrected chi connectivity index (χ0v) is 8.17. The van der Waals surface area contributed by atoms with Gasteiger partial charge in [0, 0.05) is 7.11 Å². The number of hydrogen-bond donors (Lipinski definition) is 1. The Hall–Kier alpha value is -1.27. The summed E-state index contributed by atoms with van der Waals surface area (Å²) < 4.78 is 6.11. The summed E-state index contributed by atoms with van der Waals surface area (Å²) >= 11 is 0. The third-order valence-electron chi connectivity index (χ3n) is 1.82. The van der Waals surface area contributed by atoms with Gasteiger partial charge in [0.15, 0.2) is 0 Å². The van der Waals surface area contributed by atoms with Crippen molar-refractivity contribution in [3.63, 3.8) is 0 Å². The van der Waals surface area contributed by atoms with Crippen LogP contribution in [-0.4, -0.2) is 46.2 Å². The van der Waals surface area contributed by atoms with Crippen molar-refractivity contribution in [2.45, 2.75) is 13.0 Å². The van der Waals surface area contributed by atoms with Gasteiger partial charge in [-0.25, -0.2) is 4.68 Å². The highest BCUT2D eigenvalue weighted by atomic mass is 16.5. The van der Waals surface area contributed by atoms with Crippen LogP contribution in [-0.2, 0) is 4.74 Å². The van der Waals surface area contributed by atoms with Gasteiger partial charge in [-0.15, -0.1) is 5.10 Å². The molecule has 0 aliphatic carbocycles. The fourth-order valence-electron chi connectivity index (χ4n) is 1.05. The number of aliphatic hydroxyl groups excluding tert-OH is 1. The summed E-state index contributed by atoms with van der Waals surface area (Å²) in [5.74, 6) is -0.196. The first kappa shape index (κ1) is 10.8. The van der Waals surface area contributed by atoms with Crippen molar-refractivity contribution in [2.75, 3.05) is 20.3 Å². The Labute approximate surface area is 81.5 Å². The topological polar surface area (TPSA) is 77.2 Å². The lowest BCUT2D eigenvalue weighted by Crippen LogP contribution is -2.19. The van der Waals surface area contributed by atoms with Crippen LogP contribution in [0.2, 0.25) is 0 Å². The number of carbonyl (C=O) groups excluding carboxylic acids is 1. The molecule has 0 saturated heterocycles. The molecule has 78 valence electrons. The normalized spacial score (nSPS) is 12.8. The van der Waals surface area contributed by atoms with E-state index in [1.165, 1.54) is 18.0 Å². The Morgan fingerprint density at radius 2 is 2.50 bits per heavy atom. The van der Waals surface area contributed by atoms with E-state index in [0.29, 0.717) is 5.69 Å². The van der Waals surface area contributed by atoms with Gasteiger partial charge in [0.2, 0.25) is 5.78 Å². The van der Waals surface area contributed by atoms with Crippen LogP contribution >= 0.6 is 0 Å². The van der Waals surface area contributed by atoms with E-state index in [9.17, 15) is 4.79 Å². The maximum absolute atomic E-state index is 11.4. The molecule has 1 heterocycles. The van der Waals surface area contributed by atoms with E-state index in [-0.39, 0.29) is 25.0 Å². The maximum atomic E-state index is 11.4. The van der Waals surface area contributed by atoms with Gasteiger partial charge in [-0.05, 0) is 6.92 Å². The van der Waals surface area contributed by atoms with Crippen LogP contribution in [0.25, 0.3) is 0 Å². The molecule has 1 N–H and O–H groups in total. The molecule has 1 aromatic heterocycles. The minimum atomic E-state index is -0.256. The van der Waals surface area contributed by atoms with E-state index < -0.39 is 0 Å². The molecule has 6 heteroatoms. The SMILES string of the molecule is COCC(=O)c1cnnn1C(C)CO. The highest BCUT2D eigenvalue weighted by Gasteiger charge is 2.16. The van der Waals surface area contributed by atoms with Crippen molar-refractivity contribution in [3.8, 4) is 0 Å². The predicted octanol–water partition coefficient (Wildman–Crippen LogP) is -0.340. The molecular weight excluding hydrogens is 186 g/mol. The number of aromatic nitrogens is 3. The molecule has 0 spiro atoms. The fourth-order valence-corrected chi connectivity index (χ4v) is 1.05. The smallest absolute Gasteiger partial charge is 0.208 e. The molecule has 0 aliphatic heterocycles. The quantitative estimate of drug-likeness (QED) is 0.656. The van der Waals surface area contributed by atoms with Crippen molar-refractivity contribution >= 4 is 5.78 Å². The molecule has 0 bridgehead atoms. The molecule has 0 aliphatic rings. The molecule has 0 saturated carbocycles. The van der Waals surface area contributed by atoms with E-state index in [2.05, 4.69) is 10.3 Å². The second-order valence-corrected chi connectivity index (χ2v) is 2.95. The van der Waals surface area contributed by atoms with Crippen molar-refractivity contribution in [1.29, 1.82) is 0 Å². The predicted molar refractivity (Wildman–Crippen MR) is 48.0 cm³/mol. The number of nitrogens with zero attached hydrogens (tertiary/aromatic N) is 3. The Balaban J connectivity index is 2.86. The zero-order valence-electron chi connectivity index (χ0n) is 8.17. The van der Waals surface area contributed by atoms with Crippen LogP contribution in [0.3, 0.4) is 0 Å². The molecule has 0 amide bonds. The highest BCUT2D eigenvalue weighted by molar-refractivity contribution is 5.95. The van der Waals surface area contributed by atoms with Gasteiger partial charge in [0.1, 0.15) is 12.3 Å². The van der Waals surface area contributed by atoms with Crippen LogP contribution in [0.4, 0.5) is 0 Å². The third kappa shape index (κ3) is 2.15. The lowest BCUT2D eigenvalue weighted by Gasteiger charge is -2.10. The summed E-state index contributed by atoms with van der Waals surface area (Å²) in [6.07, 6.45) is 1.37. The zero-order chi connectivity index (χ0) is 10.6. The molecule has 1 unspecified atom stereocenters. The van der Waals surface area contributed by atoms with Crippen LogP contribution in [0, 0.1) is 0 Å². The van der Waals surface area contributed by atoms with E-state index in [1.54, 1.807) is 6.92 Å². The van der Waals surface area contributed by atoms with Gasteiger partial charge in [0.25, 0.3) is 0 Å². The summed E-state index contributed by atoms with van der Waals surface area (Å²) in [7, 11) is 1.45. The number of carbonyl (C=O) groups is 1. The van der Waals surface area contributed by atoms with Crippen molar-refractivity contribution < 1.29 is 14.6 Å². The van der Waals surface area contributed by atoms with E-state index in [1.807, 2.05) is 0 Å². The summed E-state index contributed by atoms with van der Waals surface area (Å²) in [4.78, 5) is 11.4. The number of Topliss-reactive ketones (excluding diaryl/α,β-unsaturated/α-hetero) is 1. The van der Waals surface area contributed by atoms with Gasteiger partial charge in [-0.1, -0.05) is 5.21 Å². The minimum Gasteiger partial charge on any atom is -0.394 e. The van der Waals surface area contributed by atoms with Gasteiger partial charge in [0.05, 0.1) is 18.8 Å². The summed E-state index contributed by atoms with van der Waals surface area (Å²) in [5, 5.41) is 16.3. The lowest BCUT2D eigenvalue weighted by molar-refractivity contribution is 0.0831.